The second-order valence-corrected chi connectivity index (χ2v) is 6.92. The minimum absolute atomic E-state index is 0.354. The summed E-state index contributed by atoms with van der Waals surface area (Å²) in [5, 5.41) is 11.9. The summed E-state index contributed by atoms with van der Waals surface area (Å²) in [5.74, 6) is 0. The summed E-state index contributed by atoms with van der Waals surface area (Å²) in [7, 11) is 2.08. The zero-order valence-corrected chi connectivity index (χ0v) is 13.5. The molecule has 1 atom stereocenters. The van der Waals surface area contributed by atoms with Crippen LogP contribution in [-0.2, 0) is 6.54 Å². The van der Waals surface area contributed by atoms with Gasteiger partial charge in [0.15, 0.2) is 0 Å². The number of aliphatic hydroxyl groups is 1. The fourth-order valence-electron chi connectivity index (χ4n) is 1.98. The number of hydrogen-bond donors (Lipinski definition) is 1. The van der Waals surface area contributed by atoms with Crippen molar-refractivity contribution in [3.05, 3.63) is 50.6 Å². The minimum Gasteiger partial charge on any atom is -0.388 e. The number of anilines is 1. The summed E-state index contributed by atoms with van der Waals surface area (Å²) in [6.07, 6.45) is 0.394. The monoisotopic (exact) mass is 339 g/mol. The predicted octanol–water partition coefficient (Wildman–Crippen LogP) is 4.59. The first-order valence-electron chi connectivity index (χ1n) is 6.32. The van der Waals surface area contributed by atoms with Crippen LogP contribution in [0.15, 0.2) is 39.5 Å². The van der Waals surface area contributed by atoms with E-state index < -0.39 is 0 Å². The average Bonchev–Trinajstić information content (AvgIpc) is 2.83. The number of aliphatic hydroxyl groups excluding tert-OH is 1. The van der Waals surface area contributed by atoms with Gasteiger partial charge < -0.3 is 10.0 Å². The van der Waals surface area contributed by atoms with Gasteiger partial charge in [-0.15, -0.1) is 11.3 Å². The highest BCUT2D eigenvalue weighted by Gasteiger charge is 2.07. The molecule has 1 N–H and O–H groups in total. The van der Waals surface area contributed by atoms with Crippen LogP contribution in [-0.4, -0.2) is 12.2 Å². The summed E-state index contributed by atoms with van der Waals surface area (Å²) < 4.78 is 1.16. The number of rotatable bonds is 5. The van der Waals surface area contributed by atoms with Gasteiger partial charge in [0.1, 0.15) is 0 Å². The van der Waals surface area contributed by atoms with Crippen molar-refractivity contribution in [2.75, 3.05) is 11.9 Å². The Morgan fingerprint density at radius 3 is 2.53 bits per heavy atom. The highest BCUT2D eigenvalue weighted by Crippen LogP contribution is 2.24. The third-order valence-corrected chi connectivity index (χ3v) is 4.70. The molecule has 2 aromatic rings. The molecule has 0 fully saturated rings. The van der Waals surface area contributed by atoms with Gasteiger partial charge in [0.05, 0.1) is 9.89 Å². The first kappa shape index (κ1) is 14.6. The van der Waals surface area contributed by atoms with Crippen molar-refractivity contribution in [2.45, 2.75) is 26.0 Å². The molecule has 0 aliphatic heterocycles. The van der Waals surface area contributed by atoms with E-state index >= 15 is 0 Å². The Labute approximate surface area is 126 Å². The molecule has 0 aliphatic rings. The molecule has 0 amide bonds. The second-order valence-electron chi connectivity index (χ2n) is 4.63. The van der Waals surface area contributed by atoms with Crippen LogP contribution in [0.5, 0.6) is 0 Å². The Morgan fingerprint density at radius 1 is 1.32 bits per heavy atom. The van der Waals surface area contributed by atoms with Crippen molar-refractivity contribution in [3.63, 3.8) is 0 Å². The van der Waals surface area contributed by atoms with Crippen molar-refractivity contribution in [1.29, 1.82) is 0 Å². The average molecular weight is 340 g/mol. The fourth-order valence-corrected chi connectivity index (χ4v) is 3.18. The van der Waals surface area contributed by atoms with Crippen LogP contribution >= 0.6 is 27.3 Å². The van der Waals surface area contributed by atoms with Crippen molar-refractivity contribution >= 4 is 33.0 Å². The van der Waals surface area contributed by atoms with Crippen LogP contribution in [0, 0.1) is 0 Å². The molecule has 0 aliphatic carbocycles. The van der Waals surface area contributed by atoms with Gasteiger partial charge in [-0.25, -0.2) is 0 Å². The molecule has 4 heteroatoms. The van der Waals surface area contributed by atoms with Gasteiger partial charge in [-0.05, 0) is 57.1 Å². The minimum atomic E-state index is -0.354. The first-order chi connectivity index (χ1) is 9.10. The number of hydrogen-bond acceptors (Lipinski definition) is 3. The Kier molecular flexibility index (Phi) is 5.02. The van der Waals surface area contributed by atoms with E-state index in [1.54, 1.807) is 11.3 Å². The van der Waals surface area contributed by atoms with E-state index in [0.29, 0.717) is 0 Å². The van der Waals surface area contributed by atoms with E-state index in [1.807, 2.05) is 19.1 Å². The van der Waals surface area contributed by atoms with Crippen LogP contribution in [0.2, 0.25) is 0 Å². The lowest BCUT2D eigenvalue weighted by molar-refractivity contribution is 0.173. The standard InChI is InChI=1S/C15H18BrNOS/c1-3-14(18)12-4-6-13(7-5-12)17(2)9-11-8-15(16)19-10-11/h4-8,10,14,18H,3,9H2,1-2H3/t14-/m1/s1. The Balaban J connectivity index is 2.05. The lowest BCUT2D eigenvalue weighted by atomic mass is 10.1. The van der Waals surface area contributed by atoms with E-state index in [4.69, 9.17) is 0 Å². The largest absolute Gasteiger partial charge is 0.388 e. The highest BCUT2D eigenvalue weighted by molar-refractivity contribution is 9.11. The molecule has 19 heavy (non-hydrogen) atoms. The van der Waals surface area contributed by atoms with Gasteiger partial charge in [-0.2, -0.15) is 0 Å². The van der Waals surface area contributed by atoms with E-state index in [-0.39, 0.29) is 6.10 Å². The smallest absolute Gasteiger partial charge is 0.0787 e. The second kappa shape index (κ2) is 6.55. The molecule has 0 spiro atoms. The van der Waals surface area contributed by atoms with Gasteiger partial charge in [-0.1, -0.05) is 19.1 Å². The molecule has 0 unspecified atom stereocenters. The third kappa shape index (κ3) is 3.81. The molecule has 102 valence electrons. The highest BCUT2D eigenvalue weighted by atomic mass is 79.9. The van der Waals surface area contributed by atoms with Gasteiger partial charge >= 0.3 is 0 Å². The van der Waals surface area contributed by atoms with Gasteiger partial charge in [0, 0.05) is 19.3 Å². The van der Waals surface area contributed by atoms with E-state index in [2.05, 4.69) is 51.5 Å². The summed E-state index contributed by atoms with van der Waals surface area (Å²) in [6.45, 7) is 2.87. The topological polar surface area (TPSA) is 23.5 Å². The van der Waals surface area contributed by atoms with Crippen LogP contribution in [0.4, 0.5) is 5.69 Å². The van der Waals surface area contributed by atoms with Crippen molar-refractivity contribution < 1.29 is 5.11 Å². The van der Waals surface area contributed by atoms with Gasteiger partial charge in [-0.3, -0.25) is 0 Å². The lowest BCUT2D eigenvalue weighted by Gasteiger charge is -2.19. The van der Waals surface area contributed by atoms with Crippen LogP contribution in [0.25, 0.3) is 0 Å². The molecule has 1 aromatic heterocycles. The molecule has 2 rings (SSSR count). The molecule has 1 aromatic carbocycles. The normalized spacial score (nSPS) is 12.4. The maximum atomic E-state index is 9.78. The quantitative estimate of drug-likeness (QED) is 0.860. The van der Waals surface area contributed by atoms with E-state index in [9.17, 15) is 5.11 Å². The van der Waals surface area contributed by atoms with Gasteiger partial charge in [0.25, 0.3) is 0 Å². The number of nitrogens with zero attached hydrogens (tertiary/aromatic N) is 1. The molecule has 2 nitrogen and oxygen atoms in total. The van der Waals surface area contributed by atoms with Crippen LogP contribution in [0.3, 0.4) is 0 Å². The van der Waals surface area contributed by atoms with Crippen LogP contribution < -0.4 is 4.90 Å². The lowest BCUT2D eigenvalue weighted by Crippen LogP contribution is -2.15. The molecule has 0 saturated carbocycles. The van der Waals surface area contributed by atoms with E-state index in [1.165, 1.54) is 5.56 Å². The molecule has 0 bridgehead atoms. The molecular formula is C15H18BrNOS. The van der Waals surface area contributed by atoms with Crippen molar-refractivity contribution in [3.8, 4) is 0 Å². The van der Waals surface area contributed by atoms with E-state index in [0.717, 1.165) is 28.0 Å². The Bertz CT molecular complexity index is 523. The molecule has 1 heterocycles. The first-order valence-corrected chi connectivity index (χ1v) is 7.99. The Hall–Kier alpha value is -0.840. The fraction of sp³-hybridized carbons (Fsp3) is 0.333. The maximum absolute atomic E-state index is 9.78. The SMILES string of the molecule is CC[C@@H](O)c1ccc(N(C)Cc2csc(Br)c2)cc1. The van der Waals surface area contributed by atoms with Crippen LogP contribution in [0.1, 0.15) is 30.6 Å². The molecule has 0 saturated heterocycles. The predicted molar refractivity (Wildman–Crippen MR) is 85.8 cm³/mol. The maximum Gasteiger partial charge on any atom is 0.0787 e. The number of halogens is 1. The summed E-state index contributed by atoms with van der Waals surface area (Å²) in [5.41, 5.74) is 3.45. The number of thiophene rings is 1. The zero-order valence-electron chi connectivity index (χ0n) is 11.1. The van der Waals surface area contributed by atoms with Crippen molar-refractivity contribution in [2.24, 2.45) is 0 Å². The van der Waals surface area contributed by atoms with Gasteiger partial charge in [0.2, 0.25) is 0 Å². The summed E-state index contributed by atoms with van der Waals surface area (Å²) in [4.78, 5) is 2.20. The number of benzene rings is 1. The third-order valence-electron chi connectivity index (χ3n) is 3.15. The molecular weight excluding hydrogens is 322 g/mol. The molecule has 0 radical (unpaired) electrons. The summed E-state index contributed by atoms with van der Waals surface area (Å²) in [6, 6.07) is 10.3. The Morgan fingerprint density at radius 2 is 2.00 bits per heavy atom. The van der Waals surface area contributed by atoms with Crippen molar-refractivity contribution in [1.82, 2.24) is 0 Å². The summed E-state index contributed by atoms with van der Waals surface area (Å²) >= 11 is 5.19. The zero-order chi connectivity index (χ0) is 13.8.